The van der Waals surface area contributed by atoms with Crippen molar-refractivity contribution in [1.82, 2.24) is 0 Å². The maximum Gasteiger partial charge on any atom is 0.422 e. The summed E-state index contributed by atoms with van der Waals surface area (Å²) >= 11 is 0. The molecular weight excluding hydrogens is 1420 g/mol. The Bertz CT molecular complexity index is 4390. The number of methoxy groups -OCH3 is 1. The van der Waals surface area contributed by atoms with E-state index in [0.717, 1.165) is 38.8 Å². The Morgan fingerprint density at radius 3 is 0.683 bits per heavy atom. The molecule has 5 saturated heterocycles. The fraction of sp³-hybridized carbons (Fsp3) is 0.425. The van der Waals surface area contributed by atoms with Crippen molar-refractivity contribution in [2.45, 2.75) is 173 Å². The van der Waals surface area contributed by atoms with Crippen LogP contribution in [0.2, 0.25) is 0 Å². The first-order chi connectivity index (χ1) is 50.1. The minimum absolute atomic E-state index is 0.153. The Kier molecular flexibility index (Phi) is 28.1. The van der Waals surface area contributed by atoms with Crippen LogP contribution in [0.5, 0.6) is 28.7 Å². The fourth-order valence-corrected chi connectivity index (χ4v) is 26.5. The van der Waals surface area contributed by atoms with Crippen LogP contribution in [0.25, 0.3) is 53.9 Å². The zero-order chi connectivity index (χ0) is 73.3. The van der Waals surface area contributed by atoms with Crippen LogP contribution in [0.4, 0.5) is 26.3 Å². The number of fused-ring (bicyclic) bond motifs is 5. The van der Waals surface area contributed by atoms with E-state index in [0.29, 0.717) is 51.0 Å². The van der Waals surface area contributed by atoms with Crippen molar-refractivity contribution >= 4 is 108 Å². The van der Waals surface area contributed by atoms with Gasteiger partial charge >= 0.3 is 12.4 Å². The number of hydrogen-bond acceptors (Lipinski definition) is 6. The predicted molar refractivity (Wildman–Crippen MR) is 433 cm³/mol. The molecule has 5 heterocycles. The standard InChI is InChI=1S/C19H25OS.C18H23OS.C17H18F3OS.C17H21O2S.C16H16F3OS/c1-19(2,3)20-17-11-12-18(21-13-7-4-8-14-21)16-10-6-5-9-15(16)17;1-18(2,3)19-16-10-11-17(20-12-6-7-13-20)15-9-5-4-8-14(15)16;18-17(19,20)12-21-15-8-9-16(22-10-4-1-5-11-22)14-7-3-2-6-13(14)15;1-18-13-19-16-9-10-17(20-11-5-2-6-12-20)15-8-4-3-7-14(15)16;17-16(18,19)11-20-14-7-8-15(21-9-3-4-10-21)13-6-2-1-5-12(13)14/h5-6,9-12H,4,7-8,13-14H2,1-3H3;4-5,8-11H,6-7,12-13H2,1-3H3;2-3,6-9H,1,4-5,10-12H2;3-4,7-10H,2,5-6,11-13H2,1H3;1-2,5-8H,3-4,9-11H2/q5*+1. The van der Waals surface area contributed by atoms with Gasteiger partial charge in [-0.2, -0.15) is 26.3 Å². The summed E-state index contributed by atoms with van der Waals surface area (Å²) in [5.74, 6) is 16.5. The molecule has 0 spiro atoms. The molecule has 10 aromatic rings. The van der Waals surface area contributed by atoms with E-state index in [-0.39, 0.29) is 33.0 Å². The summed E-state index contributed by atoms with van der Waals surface area (Å²) in [6.45, 7) is 10.5. The molecule has 5 fully saturated rings. The first-order valence-electron chi connectivity index (χ1n) is 36.9. The van der Waals surface area contributed by atoms with Gasteiger partial charge in [0.25, 0.3) is 0 Å². The van der Waals surface area contributed by atoms with Gasteiger partial charge in [-0.3, -0.25) is 0 Å². The van der Waals surface area contributed by atoms with Gasteiger partial charge in [0.15, 0.2) is 44.5 Å². The van der Waals surface area contributed by atoms with Crippen molar-refractivity contribution in [3.8, 4) is 28.7 Å². The van der Waals surface area contributed by atoms with Crippen LogP contribution in [-0.2, 0) is 59.2 Å². The van der Waals surface area contributed by atoms with Gasteiger partial charge in [0.05, 0.1) is 0 Å². The lowest BCUT2D eigenvalue weighted by Crippen LogP contribution is -2.23. The minimum atomic E-state index is -4.31. The molecule has 0 bridgehead atoms. The van der Waals surface area contributed by atoms with Crippen LogP contribution >= 0.6 is 0 Å². The maximum absolute atomic E-state index is 12.4. The SMILES string of the molecule is CC(C)(C)Oc1ccc([S+]2CCCC2)c2ccccc12.CC(C)(C)Oc1ccc([S+]2CCCCC2)c2ccccc12.COCOc1ccc([S+]2CCCCC2)c2ccccc12.FC(F)(F)COc1ccc([S+]2CCCC2)c2ccccc12.FC(F)(F)COc1ccc([S+]2CCCCC2)c2ccccc12. The highest BCUT2D eigenvalue weighted by atomic mass is 32.2. The first-order valence-corrected chi connectivity index (χ1v) is 44.7. The van der Waals surface area contributed by atoms with E-state index in [2.05, 4.69) is 151 Å². The quantitative estimate of drug-likeness (QED) is 0.0614. The molecule has 0 aromatic heterocycles. The highest BCUT2D eigenvalue weighted by Gasteiger charge is 2.36. The zero-order valence-corrected chi connectivity index (χ0v) is 65.5. The molecule has 0 aliphatic carbocycles. The Labute approximate surface area is 627 Å². The predicted octanol–water partition coefficient (Wildman–Crippen LogP) is 23.4. The topological polar surface area (TPSA) is 55.4 Å². The second-order valence-electron chi connectivity index (χ2n) is 28.9. The van der Waals surface area contributed by atoms with Crippen molar-refractivity contribution in [2.24, 2.45) is 0 Å². The number of rotatable bonds is 14. The number of benzene rings is 10. The van der Waals surface area contributed by atoms with Crippen molar-refractivity contribution in [2.75, 3.05) is 84.6 Å². The Morgan fingerprint density at radius 2 is 0.462 bits per heavy atom. The summed E-state index contributed by atoms with van der Waals surface area (Å²) in [7, 11) is 3.39. The van der Waals surface area contributed by atoms with Gasteiger partial charge in [0, 0.05) is 115 Å². The van der Waals surface area contributed by atoms with E-state index in [1.54, 1.807) is 29.0 Å². The smallest absolute Gasteiger partial charge is 0.422 e. The molecule has 0 N–H and O–H groups in total. The van der Waals surface area contributed by atoms with Crippen LogP contribution in [0.3, 0.4) is 0 Å². The minimum Gasteiger partial charge on any atom is -0.488 e. The summed E-state index contributed by atoms with van der Waals surface area (Å²) in [4.78, 5) is 7.15. The number of alkyl halides is 6. The third-order valence-corrected chi connectivity index (χ3v) is 31.3. The fourth-order valence-electron chi connectivity index (χ4n) is 14.0. The number of hydrogen-bond donors (Lipinski definition) is 0. The lowest BCUT2D eigenvalue weighted by molar-refractivity contribution is -0.153. The molecule has 554 valence electrons. The maximum atomic E-state index is 12.4. The molecule has 5 aliphatic rings. The van der Waals surface area contributed by atoms with E-state index in [9.17, 15) is 26.3 Å². The Hall–Kier alpha value is -6.21. The second kappa shape index (κ2) is 37.1. The molecule has 104 heavy (non-hydrogen) atoms. The van der Waals surface area contributed by atoms with E-state index >= 15 is 0 Å². The monoisotopic (exact) mass is 1520 g/mol. The third kappa shape index (κ3) is 22.0. The van der Waals surface area contributed by atoms with Crippen LogP contribution < -0.4 is 23.7 Å². The normalized spacial score (nSPS) is 16.7. The first kappa shape index (κ1) is 78.8. The number of ether oxygens (including phenoxy) is 6. The number of halogens is 6. The van der Waals surface area contributed by atoms with Crippen molar-refractivity contribution < 1.29 is 54.8 Å². The summed E-state index contributed by atoms with van der Waals surface area (Å²) in [5.41, 5.74) is -0.308. The lowest BCUT2D eigenvalue weighted by Gasteiger charge is -2.23. The van der Waals surface area contributed by atoms with Gasteiger partial charge in [-0.1, -0.05) is 91.0 Å². The van der Waals surface area contributed by atoms with Crippen LogP contribution in [0.15, 0.2) is 206 Å². The molecule has 17 heteroatoms. The van der Waals surface area contributed by atoms with Crippen molar-refractivity contribution in [1.29, 1.82) is 0 Å². The van der Waals surface area contributed by atoms with E-state index in [4.69, 9.17) is 28.4 Å². The van der Waals surface area contributed by atoms with Gasteiger partial charge in [-0.15, -0.1) is 0 Å². The summed E-state index contributed by atoms with van der Waals surface area (Å²) in [5, 5.41) is 11.5. The summed E-state index contributed by atoms with van der Waals surface area (Å²) < 4.78 is 107. The highest BCUT2D eigenvalue weighted by molar-refractivity contribution is 7.98. The van der Waals surface area contributed by atoms with Gasteiger partial charge in [-0.05, 0) is 216 Å². The molecule has 6 nitrogen and oxygen atoms in total. The van der Waals surface area contributed by atoms with Crippen molar-refractivity contribution in [3.63, 3.8) is 0 Å². The third-order valence-electron chi connectivity index (χ3n) is 18.6. The summed E-state index contributed by atoms with van der Waals surface area (Å²) in [6, 6.07) is 61.9. The van der Waals surface area contributed by atoms with E-state index in [1.807, 2.05) is 60.7 Å². The van der Waals surface area contributed by atoms with E-state index in [1.165, 1.54) is 188 Å². The molecule has 0 unspecified atom stereocenters. The average molecular weight is 1520 g/mol. The summed E-state index contributed by atoms with van der Waals surface area (Å²) in [6.07, 6.45) is 8.72. The molecule has 0 saturated carbocycles. The van der Waals surface area contributed by atoms with Crippen LogP contribution in [0.1, 0.15) is 125 Å². The van der Waals surface area contributed by atoms with Crippen LogP contribution in [0, 0.1) is 0 Å². The molecular formula is C87H103F6O6S5+5. The molecule has 0 atom stereocenters. The van der Waals surface area contributed by atoms with E-state index < -0.39 is 25.6 Å². The molecule has 15 rings (SSSR count). The Morgan fingerprint density at radius 1 is 0.260 bits per heavy atom. The molecule has 10 aromatic carbocycles. The Balaban J connectivity index is 0.000000130. The molecule has 0 radical (unpaired) electrons. The highest BCUT2D eigenvalue weighted by Crippen LogP contribution is 2.41. The van der Waals surface area contributed by atoms with Gasteiger partial charge in [0.1, 0.15) is 97.5 Å². The zero-order valence-electron chi connectivity index (χ0n) is 61.5. The van der Waals surface area contributed by atoms with Gasteiger partial charge < -0.3 is 28.4 Å². The van der Waals surface area contributed by atoms with Gasteiger partial charge in [0.2, 0.25) is 0 Å². The molecule has 0 amide bonds. The van der Waals surface area contributed by atoms with Gasteiger partial charge in [-0.25, -0.2) is 0 Å². The largest absolute Gasteiger partial charge is 0.488 e. The lowest BCUT2D eigenvalue weighted by atomic mass is 10.1. The molecule has 5 aliphatic heterocycles. The second-order valence-corrected chi connectivity index (χ2v) is 40.1. The van der Waals surface area contributed by atoms with Crippen molar-refractivity contribution in [3.05, 3.63) is 182 Å². The average Bonchev–Trinajstić information content (AvgIpc) is 1.24. The van der Waals surface area contributed by atoms with Crippen LogP contribution in [-0.4, -0.2) is 108 Å².